The normalized spacial score (nSPS) is 11.8. The van der Waals surface area contributed by atoms with Crippen LogP contribution in [0.5, 0.6) is 0 Å². The first-order valence-corrected chi connectivity index (χ1v) is 12.1. The van der Waals surface area contributed by atoms with E-state index in [-0.39, 0.29) is 22.1 Å². The summed E-state index contributed by atoms with van der Waals surface area (Å²) in [7, 11) is -3.69. The minimum absolute atomic E-state index is 0.124. The summed E-state index contributed by atoms with van der Waals surface area (Å²) in [5.41, 5.74) is 2.67. The summed E-state index contributed by atoms with van der Waals surface area (Å²) in [6, 6.07) is 20.6. The number of sulfonamides is 1. The third-order valence-corrected chi connectivity index (χ3v) is 7.38. The zero-order valence-corrected chi connectivity index (χ0v) is 18.3. The highest BCUT2D eigenvalue weighted by Crippen LogP contribution is 2.22. The third kappa shape index (κ3) is 5.10. The number of aryl methyl sites for hydroxylation is 1. The van der Waals surface area contributed by atoms with E-state index in [1.54, 1.807) is 28.8 Å². The molecule has 0 unspecified atom stereocenters. The van der Waals surface area contributed by atoms with Gasteiger partial charge in [0.2, 0.25) is 10.0 Å². The fraction of sp³-hybridized carbons (Fsp3) is 0.174. The Morgan fingerprint density at radius 1 is 0.935 bits per heavy atom. The number of hydrogen-bond donors (Lipinski definition) is 1. The van der Waals surface area contributed by atoms with Gasteiger partial charge >= 0.3 is 4.87 Å². The molecule has 0 spiro atoms. The van der Waals surface area contributed by atoms with Crippen molar-refractivity contribution in [3.05, 3.63) is 99.4 Å². The molecule has 0 amide bonds. The summed E-state index contributed by atoms with van der Waals surface area (Å²) >= 11 is 1.04. The molecule has 0 saturated carbocycles. The number of nitrogens with one attached hydrogen (secondary N) is 1. The molecule has 0 aliphatic carbocycles. The zero-order valence-electron chi connectivity index (χ0n) is 16.6. The van der Waals surface area contributed by atoms with Crippen LogP contribution >= 0.6 is 11.3 Å². The second-order valence-electron chi connectivity index (χ2n) is 7.20. The van der Waals surface area contributed by atoms with Crippen LogP contribution in [0.2, 0.25) is 0 Å². The first-order chi connectivity index (χ1) is 14.9. The van der Waals surface area contributed by atoms with Gasteiger partial charge in [0.1, 0.15) is 5.82 Å². The maximum absolute atomic E-state index is 13.0. The van der Waals surface area contributed by atoms with Gasteiger partial charge in [0.15, 0.2) is 0 Å². The predicted octanol–water partition coefficient (Wildman–Crippen LogP) is 4.16. The summed E-state index contributed by atoms with van der Waals surface area (Å²) in [6.45, 7) is 0.705. The number of fused-ring (bicyclic) bond motifs is 1. The van der Waals surface area contributed by atoms with Gasteiger partial charge in [-0.15, -0.1) is 0 Å². The molecule has 0 saturated heterocycles. The van der Waals surface area contributed by atoms with Gasteiger partial charge in [0.05, 0.1) is 21.7 Å². The molecule has 1 heterocycles. The molecule has 0 aliphatic rings. The lowest BCUT2D eigenvalue weighted by atomic mass is 10.1. The van der Waals surface area contributed by atoms with Crippen molar-refractivity contribution < 1.29 is 12.8 Å². The zero-order chi connectivity index (χ0) is 21.8. The van der Waals surface area contributed by atoms with Crippen molar-refractivity contribution in [3.8, 4) is 0 Å². The molecule has 3 aromatic carbocycles. The molecule has 0 fully saturated rings. The highest BCUT2D eigenvalue weighted by Gasteiger charge is 2.16. The average Bonchev–Trinajstić information content (AvgIpc) is 3.07. The lowest BCUT2D eigenvalue weighted by molar-refractivity contribution is 0.579. The van der Waals surface area contributed by atoms with E-state index >= 15 is 0 Å². The van der Waals surface area contributed by atoms with Crippen molar-refractivity contribution in [2.45, 2.75) is 24.3 Å². The third-order valence-electron chi connectivity index (χ3n) is 4.98. The van der Waals surface area contributed by atoms with Crippen molar-refractivity contribution in [2.75, 3.05) is 6.54 Å². The molecule has 8 heteroatoms. The molecule has 1 N–H and O–H groups in total. The molecule has 0 radical (unpaired) electrons. The number of hydrogen-bond acceptors (Lipinski definition) is 4. The fourth-order valence-corrected chi connectivity index (χ4v) is 5.47. The van der Waals surface area contributed by atoms with Crippen LogP contribution in [0.3, 0.4) is 0 Å². The van der Waals surface area contributed by atoms with E-state index in [1.165, 1.54) is 18.2 Å². The Hall–Kier alpha value is -2.81. The van der Waals surface area contributed by atoms with Crippen LogP contribution in [0.4, 0.5) is 4.39 Å². The number of rotatable bonds is 8. The number of thiazole rings is 1. The Labute approximate surface area is 183 Å². The predicted molar refractivity (Wildman–Crippen MR) is 122 cm³/mol. The lowest BCUT2D eigenvalue weighted by Crippen LogP contribution is -2.25. The molecule has 0 bridgehead atoms. The standard InChI is InChI=1S/C23H21FN2O3S2/c24-19-10-8-17(9-11-19)7-4-14-25-31(28,29)20-12-13-21-22(15-20)30-23(27)26(21)16-18-5-2-1-3-6-18/h1-3,5-6,8-13,15,25H,4,7,14,16H2. The Morgan fingerprint density at radius 3 is 2.42 bits per heavy atom. The van der Waals surface area contributed by atoms with E-state index in [4.69, 9.17) is 0 Å². The van der Waals surface area contributed by atoms with Crippen molar-refractivity contribution >= 4 is 31.6 Å². The lowest BCUT2D eigenvalue weighted by Gasteiger charge is -2.08. The summed E-state index contributed by atoms with van der Waals surface area (Å²) in [4.78, 5) is 12.5. The number of nitrogens with zero attached hydrogens (tertiary/aromatic N) is 1. The quantitative estimate of drug-likeness (QED) is 0.405. The van der Waals surface area contributed by atoms with Gasteiger partial charge in [-0.3, -0.25) is 9.36 Å². The van der Waals surface area contributed by atoms with Gasteiger partial charge in [-0.05, 0) is 54.3 Å². The van der Waals surface area contributed by atoms with Crippen LogP contribution in [0.25, 0.3) is 10.2 Å². The van der Waals surface area contributed by atoms with Crippen LogP contribution in [-0.2, 0) is 23.0 Å². The van der Waals surface area contributed by atoms with Crippen LogP contribution in [0, 0.1) is 5.82 Å². The van der Waals surface area contributed by atoms with Crippen molar-refractivity contribution in [2.24, 2.45) is 0 Å². The van der Waals surface area contributed by atoms with E-state index in [2.05, 4.69) is 4.72 Å². The maximum Gasteiger partial charge on any atom is 0.308 e. The topological polar surface area (TPSA) is 68.2 Å². The van der Waals surface area contributed by atoms with Gasteiger partial charge in [-0.1, -0.05) is 53.8 Å². The van der Waals surface area contributed by atoms with Gasteiger partial charge in [0.25, 0.3) is 0 Å². The summed E-state index contributed by atoms with van der Waals surface area (Å²) < 4.78 is 43.2. The minimum atomic E-state index is -3.69. The van der Waals surface area contributed by atoms with Crippen LogP contribution in [-0.4, -0.2) is 19.5 Å². The molecular formula is C23H21FN2O3S2. The first kappa shape index (κ1) is 21.4. The molecule has 160 valence electrons. The fourth-order valence-electron chi connectivity index (χ4n) is 3.36. The SMILES string of the molecule is O=c1sc2cc(S(=O)(=O)NCCCc3ccc(F)cc3)ccc2n1Cc1ccccc1. The van der Waals surface area contributed by atoms with E-state index < -0.39 is 10.0 Å². The monoisotopic (exact) mass is 456 g/mol. The molecule has 5 nitrogen and oxygen atoms in total. The second kappa shape index (κ2) is 9.13. The van der Waals surface area contributed by atoms with E-state index in [0.717, 1.165) is 22.5 Å². The summed E-state index contributed by atoms with van der Waals surface area (Å²) in [5.74, 6) is -0.292. The Balaban J connectivity index is 1.45. The van der Waals surface area contributed by atoms with Gasteiger partial charge < -0.3 is 0 Å². The largest absolute Gasteiger partial charge is 0.308 e. The number of aromatic nitrogens is 1. The van der Waals surface area contributed by atoms with Crippen LogP contribution in [0.1, 0.15) is 17.5 Å². The van der Waals surface area contributed by atoms with Gasteiger partial charge in [-0.25, -0.2) is 17.5 Å². The molecule has 0 atom stereocenters. The van der Waals surface area contributed by atoms with Crippen molar-refractivity contribution in [1.29, 1.82) is 0 Å². The molecule has 4 aromatic rings. The minimum Gasteiger partial charge on any atom is -0.294 e. The van der Waals surface area contributed by atoms with Crippen molar-refractivity contribution in [3.63, 3.8) is 0 Å². The number of benzene rings is 3. The Bertz CT molecular complexity index is 1350. The average molecular weight is 457 g/mol. The molecule has 0 aliphatic heterocycles. The molecule has 31 heavy (non-hydrogen) atoms. The van der Waals surface area contributed by atoms with E-state index in [9.17, 15) is 17.6 Å². The number of halogens is 1. The molecular weight excluding hydrogens is 435 g/mol. The van der Waals surface area contributed by atoms with Gasteiger partial charge in [0, 0.05) is 6.54 Å². The highest BCUT2D eigenvalue weighted by atomic mass is 32.2. The Morgan fingerprint density at radius 2 is 1.68 bits per heavy atom. The highest BCUT2D eigenvalue weighted by molar-refractivity contribution is 7.89. The Kier molecular flexibility index (Phi) is 6.31. The second-order valence-corrected chi connectivity index (χ2v) is 9.96. The summed E-state index contributed by atoms with van der Waals surface area (Å²) in [6.07, 6.45) is 1.24. The molecule has 4 rings (SSSR count). The smallest absolute Gasteiger partial charge is 0.294 e. The van der Waals surface area contributed by atoms with Crippen LogP contribution in [0.15, 0.2) is 82.5 Å². The van der Waals surface area contributed by atoms with E-state index in [0.29, 0.717) is 29.6 Å². The van der Waals surface area contributed by atoms with Crippen molar-refractivity contribution in [1.82, 2.24) is 9.29 Å². The summed E-state index contributed by atoms with van der Waals surface area (Å²) in [5, 5.41) is 0. The maximum atomic E-state index is 13.0. The molecule has 1 aromatic heterocycles. The van der Waals surface area contributed by atoms with Gasteiger partial charge in [-0.2, -0.15) is 0 Å². The first-order valence-electron chi connectivity index (χ1n) is 9.84. The van der Waals surface area contributed by atoms with E-state index in [1.807, 2.05) is 30.3 Å². The van der Waals surface area contributed by atoms with Crippen LogP contribution < -0.4 is 9.60 Å².